The van der Waals surface area contributed by atoms with E-state index in [1.807, 2.05) is 0 Å². The number of benzene rings is 2. The zero-order valence-electron chi connectivity index (χ0n) is 12.0. The van der Waals surface area contributed by atoms with E-state index in [0.29, 0.717) is 5.56 Å². The van der Waals surface area contributed by atoms with Crippen LogP contribution in [0.4, 0.5) is 13.2 Å². The highest BCUT2D eigenvalue weighted by molar-refractivity contribution is 9.10. The van der Waals surface area contributed by atoms with E-state index < -0.39 is 23.0 Å². The van der Waals surface area contributed by atoms with Gasteiger partial charge in [-0.3, -0.25) is 9.36 Å². The summed E-state index contributed by atoms with van der Waals surface area (Å²) in [5.41, 5.74) is -1.62. The van der Waals surface area contributed by atoms with Gasteiger partial charge in [-0.15, -0.1) is 0 Å². The first kappa shape index (κ1) is 16.5. The van der Waals surface area contributed by atoms with Gasteiger partial charge in [0.1, 0.15) is 0 Å². The number of alkyl halides is 3. The van der Waals surface area contributed by atoms with Crippen molar-refractivity contribution in [1.82, 2.24) is 9.55 Å². The van der Waals surface area contributed by atoms with Crippen molar-refractivity contribution in [2.45, 2.75) is 12.7 Å². The number of aromatic amines is 1. The Morgan fingerprint density at radius 3 is 2.33 bits per heavy atom. The van der Waals surface area contributed by atoms with Gasteiger partial charge < -0.3 is 4.98 Å². The Balaban J connectivity index is 2.16. The standard InChI is InChI=1S/C16H10BrF3N2O2/c17-11-4-1-9(2-5-11)8-22-14(23)12-7-10(16(18,19)20)3-6-13(12)21-15(22)24/h1-7H,8H2,(H,21,24). The summed E-state index contributed by atoms with van der Waals surface area (Å²) >= 11 is 3.28. The van der Waals surface area contributed by atoms with Gasteiger partial charge in [-0.2, -0.15) is 13.2 Å². The van der Waals surface area contributed by atoms with Gasteiger partial charge in [-0.05, 0) is 35.9 Å². The molecule has 124 valence electrons. The molecule has 0 atom stereocenters. The first-order valence-corrected chi connectivity index (χ1v) is 7.63. The lowest BCUT2D eigenvalue weighted by Crippen LogP contribution is -2.35. The Morgan fingerprint density at radius 2 is 1.71 bits per heavy atom. The van der Waals surface area contributed by atoms with Crippen LogP contribution in [0.5, 0.6) is 0 Å². The van der Waals surface area contributed by atoms with Crippen LogP contribution in [-0.4, -0.2) is 9.55 Å². The maximum atomic E-state index is 12.8. The second-order valence-electron chi connectivity index (χ2n) is 5.21. The number of nitrogens with one attached hydrogen (secondary N) is 1. The third kappa shape index (κ3) is 3.14. The molecule has 4 nitrogen and oxygen atoms in total. The molecule has 0 aliphatic heterocycles. The maximum absolute atomic E-state index is 12.8. The summed E-state index contributed by atoms with van der Waals surface area (Å²) in [5.74, 6) is 0. The minimum atomic E-state index is -4.56. The molecule has 3 aromatic rings. The molecule has 0 fully saturated rings. The number of hydrogen-bond donors (Lipinski definition) is 1. The van der Waals surface area contributed by atoms with Gasteiger partial charge in [0, 0.05) is 4.47 Å². The fraction of sp³-hybridized carbons (Fsp3) is 0.125. The fourth-order valence-corrected chi connectivity index (χ4v) is 2.61. The summed E-state index contributed by atoms with van der Waals surface area (Å²) in [4.78, 5) is 27.0. The molecular weight excluding hydrogens is 389 g/mol. The second kappa shape index (κ2) is 5.94. The van der Waals surface area contributed by atoms with Gasteiger partial charge in [-0.25, -0.2) is 4.79 Å². The van der Waals surface area contributed by atoms with Crippen molar-refractivity contribution in [2.75, 3.05) is 0 Å². The molecule has 1 aromatic heterocycles. The number of H-pyrrole nitrogens is 1. The number of fused-ring (bicyclic) bond motifs is 1. The summed E-state index contributed by atoms with van der Waals surface area (Å²) in [6.45, 7) is -0.0341. The summed E-state index contributed by atoms with van der Waals surface area (Å²) < 4.78 is 40.2. The Labute approximate surface area is 141 Å². The molecule has 0 aliphatic carbocycles. The lowest BCUT2D eigenvalue weighted by atomic mass is 10.1. The molecule has 0 saturated carbocycles. The van der Waals surface area contributed by atoms with E-state index in [-0.39, 0.29) is 17.4 Å². The van der Waals surface area contributed by atoms with E-state index in [0.717, 1.165) is 27.2 Å². The topological polar surface area (TPSA) is 54.9 Å². The molecule has 24 heavy (non-hydrogen) atoms. The summed E-state index contributed by atoms with van der Waals surface area (Å²) in [6, 6.07) is 9.60. The summed E-state index contributed by atoms with van der Waals surface area (Å²) in [5, 5.41) is -0.179. The molecule has 0 spiro atoms. The van der Waals surface area contributed by atoms with Gasteiger partial charge in [0.05, 0.1) is 23.0 Å². The Kier molecular flexibility index (Phi) is 4.08. The van der Waals surface area contributed by atoms with Gasteiger partial charge >= 0.3 is 11.9 Å². The number of nitrogens with zero attached hydrogens (tertiary/aromatic N) is 1. The molecule has 0 radical (unpaired) electrons. The Bertz CT molecular complexity index is 1020. The molecular formula is C16H10BrF3N2O2. The van der Waals surface area contributed by atoms with Crippen molar-refractivity contribution in [2.24, 2.45) is 0 Å². The van der Waals surface area contributed by atoms with Gasteiger partial charge in [0.15, 0.2) is 0 Å². The van der Waals surface area contributed by atoms with Crippen LogP contribution in [0.25, 0.3) is 10.9 Å². The second-order valence-corrected chi connectivity index (χ2v) is 6.12. The Hall–Kier alpha value is -2.35. The van der Waals surface area contributed by atoms with Crippen LogP contribution in [0.3, 0.4) is 0 Å². The highest BCUT2D eigenvalue weighted by Crippen LogP contribution is 2.30. The summed E-state index contributed by atoms with van der Waals surface area (Å²) in [7, 11) is 0. The monoisotopic (exact) mass is 398 g/mol. The van der Waals surface area contributed by atoms with Gasteiger partial charge in [0.25, 0.3) is 5.56 Å². The first-order valence-electron chi connectivity index (χ1n) is 6.84. The molecule has 8 heteroatoms. The largest absolute Gasteiger partial charge is 0.416 e. The molecule has 0 aliphatic rings. The van der Waals surface area contributed by atoms with E-state index in [4.69, 9.17) is 0 Å². The van der Waals surface area contributed by atoms with Crippen molar-refractivity contribution in [3.63, 3.8) is 0 Å². The predicted molar refractivity (Wildman–Crippen MR) is 87.1 cm³/mol. The van der Waals surface area contributed by atoms with Crippen LogP contribution in [0.2, 0.25) is 0 Å². The maximum Gasteiger partial charge on any atom is 0.416 e. The van der Waals surface area contributed by atoms with Crippen LogP contribution in [0, 0.1) is 0 Å². The molecule has 0 amide bonds. The highest BCUT2D eigenvalue weighted by Gasteiger charge is 2.30. The molecule has 0 unspecified atom stereocenters. The van der Waals surface area contributed by atoms with E-state index in [9.17, 15) is 22.8 Å². The van der Waals surface area contributed by atoms with Gasteiger partial charge in [0.2, 0.25) is 0 Å². The molecule has 3 rings (SSSR count). The number of hydrogen-bond acceptors (Lipinski definition) is 2. The lowest BCUT2D eigenvalue weighted by Gasteiger charge is -2.10. The third-order valence-corrected chi connectivity index (χ3v) is 4.09. The number of halogens is 4. The first-order chi connectivity index (χ1) is 11.3. The SMILES string of the molecule is O=c1[nH]c2ccc(C(F)(F)F)cc2c(=O)n1Cc1ccc(Br)cc1. The number of rotatable bonds is 2. The van der Waals surface area contributed by atoms with Crippen LogP contribution in [0.15, 0.2) is 56.5 Å². The van der Waals surface area contributed by atoms with Crippen LogP contribution >= 0.6 is 15.9 Å². The number of aromatic nitrogens is 2. The predicted octanol–water partition coefficient (Wildman–Crippen LogP) is 3.52. The Morgan fingerprint density at radius 1 is 1.04 bits per heavy atom. The van der Waals surface area contributed by atoms with E-state index in [1.165, 1.54) is 0 Å². The zero-order chi connectivity index (χ0) is 17.5. The fourth-order valence-electron chi connectivity index (χ4n) is 2.34. The van der Waals surface area contributed by atoms with Crippen molar-refractivity contribution < 1.29 is 13.2 Å². The molecule has 1 heterocycles. The van der Waals surface area contributed by atoms with E-state index >= 15 is 0 Å². The van der Waals surface area contributed by atoms with E-state index in [2.05, 4.69) is 20.9 Å². The van der Waals surface area contributed by atoms with Crippen molar-refractivity contribution in [3.8, 4) is 0 Å². The lowest BCUT2D eigenvalue weighted by molar-refractivity contribution is -0.137. The van der Waals surface area contributed by atoms with Crippen LogP contribution in [0.1, 0.15) is 11.1 Å². The van der Waals surface area contributed by atoms with Gasteiger partial charge in [-0.1, -0.05) is 28.1 Å². The zero-order valence-corrected chi connectivity index (χ0v) is 13.6. The minimum Gasteiger partial charge on any atom is -0.307 e. The molecule has 2 aromatic carbocycles. The molecule has 1 N–H and O–H groups in total. The normalized spacial score (nSPS) is 11.8. The van der Waals surface area contributed by atoms with Crippen LogP contribution in [-0.2, 0) is 12.7 Å². The van der Waals surface area contributed by atoms with Crippen molar-refractivity contribution >= 4 is 26.8 Å². The average molecular weight is 399 g/mol. The highest BCUT2D eigenvalue weighted by atomic mass is 79.9. The quantitative estimate of drug-likeness (QED) is 0.717. The van der Waals surface area contributed by atoms with E-state index in [1.54, 1.807) is 24.3 Å². The average Bonchev–Trinajstić information content (AvgIpc) is 2.52. The van der Waals surface area contributed by atoms with Crippen molar-refractivity contribution in [3.05, 3.63) is 78.9 Å². The van der Waals surface area contributed by atoms with Crippen molar-refractivity contribution in [1.29, 1.82) is 0 Å². The third-order valence-electron chi connectivity index (χ3n) is 3.56. The minimum absolute atomic E-state index is 0.0341. The molecule has 0 bridgehead atoms. The smallest absolute Gasteiger partial charge is 0.307 e. The molecule has 0 saturated heterocycles. The summed E-state index contributed by atoms with van der Waals surface area (Å²) in [6.07, 6.45) is -4.56. The van der Waals surface area contributed by atoms with Crippen LogP contribution < -0.4 is 11.2 Å².